The van der Waals surface area contributed by atoms with Crippen LogP contribution in [0, 0.1) is 5.82 Å². The van der Waals surface area contributed by atoms with Crippen LogP contribution in [-0.2, 0) is 0 Å². The van der Waals surface area contributed by atoms with E-state index in [1.54, 1.807) is 11.0 Å². The van der Waals surface area contributed by atoms with Gasteiger partial charge in [0.05, 0.1) is 4.91 Å². The van der Waals surface area contributed by atoms with Crippen molar-refractivity contribution in [2.45, 2.75) is 58.4 Å². The summed E-state index contributed by atoms with van der Waals surface area (Å²) in [5, 5.41) is 2.84. The number of amides is 1. The Morgan fingerprint density at radius 1 is 1.14 bits per heavy atom. The van der Waals surface area contributed by atoms with Crippen LogP contribution in [-0.4, -0.2) is 76.4 Å². The van der Waals surface area contributed by atoms with Crippen LogP contribution in [0.15, 0.2) is 28.1 Å². The van der Waals surface area contributed by atoms with E-state index in [4.69, 9.17) is 17.0 Å². The van der Waals surface area contributed by atoms with Gasteiger partial charge in [-0.3, -0.25) is 5.01 Å². The second-order valence-electron chi connectivity index (χ2n) is 9.09. The summed E-state index contributed by atoms with van der Waals surface area (Å²) in [7, 11) is 0. The highest BCUT2D eigenvalue weighted by Gasteiger charge is 2.30. The monoisotopic (exact) mass is 533 g/mol. The third-order valence-electron chi connectivity index (χ3n) is 6.79. The summed E-state index contributed by atoms with van der Waals surface area (Å²) < 4.78 is 19.8. The third kappa shape index (κ3) is 6.65. The zero-order chi connectivity index (χ0) is 25.5. The molecule has 3 fully saturated rings. The van der Waals surface area contributed by atoms with Crippen LogP contribution in [0.5, 0.6) is 5.75 Å². The van der Waals surface area contributed by atoms with E-state index in [9.17, 15) is 9.18 Å². The molecule has 0 aromatic heterocycles. The maximum atomic E-state index is 14.1. The molecule has 4 heterocycles. The Balaban J connectivity index is 0.00000148. The molecule has 4 aliphatic rings. The largest absolute Gasteiger partial charge is 0.415 e. The number of thiocarbonyl (C=S) groups is 1. The number of hydrazine groups is 1. The smallest absolute Gasteiger partial charge is 0.409 e. The van der Waals surface area contributed by atoms with E-state index >= 15 is 0 Å². The number of nitrogens with one attached hydrogen (secondary N) is 1. The molecule has 4 aliphatic heterocycles. The second-order valence-corrected chi connectivity index (χ2v) is 10.5. The topological polar surface area (TPSA) is 60.4 Å². The molecule has 3 saturated heterocycles. The molecule has 1 N–H and O–H groups in total. The number of nitrogens with zero attached hydrogens (tertiary/aromatic N) is 4. The van der Waals surface area contributed by atoms with Crippen LogP contribution in [0.4, 0.5) is 9.18 Å². The number of halogens is 1. The van der Waals surface area contributed by atoms with Crippen molar-refractivity contribution in [3.8, 4) is 5.75 Å². The van der Waals surface area contributed by atoms with Crippen molar-refractivity contribution in [1.82, 2.24) is 20.2 Å². The molecule has 0 atom stereocenters. The molecule has 1 aromatic rings. The van der Waals surface area contributed by atoms with Gasteiger partial charge in [-0.15, -0.1) is 0 Å². The van der Waals surface area contributed by atoms with E-state index in [0.29, 0.717) is 29.7 Å². The standard InChI is InChI=1S/C24H30FN5O2S2.C2H6/c25-18-6-5-17(15-21-22(33)27-23(34-21)30-12-2-1-9-26-30)20(16-18)32-24(31)29-13-7-19(8-14-29)28-10-3-4-11-28;1-2/h5-6,15-16,19,26H,1-4,7-14H2;1-2H3/b21-15-;. The number of hydrogen-bond donors (Lipinski definition) is 1. The van der Waals surface area contributed by atoms with Crippen LogP contribution in [0.2, 0.25) is 0 Å². The number of amidine groups is 1. The number of ether oxygens (including phenoxy) is 1. The highest BCUT2D eigenvalue weighted by molar-refractivity contribution is 8.19. The summed E-state index contributed by atoms with van der Waals surface area (Å²) in [4.78, 5) is 23.0. The van der Waals surface area contributed by atoms with Crippen LogP contribution in [0.1, 0.15) is 57.9 Å². The van der Waals surface area contributed by atoms with Crippen LogP contribution in [0.25, 0.3) is 6.08 Å². The van der Waals surface area contributed by atoms with Crippen molar-refractivity contribution in [2.24, 2.45) is 4.99 Å². The third-order valence-corrected chi connectivity index (χ3v) is 8.26. The number of benzene rings is 1. The van der Waals surface area contributed by atoms with Crippen molar-refractivity contribution < 1.29 is 13.9 Å². The van der Waals surface area contributed by atoms with Gasteiger partial charge in [0.2, 0.25) is 0 Å². The average Bonchev–Trinajstić information content (AvgIpc) is 3.58. The summed E-state index contributed by atoms with van der Waals surface area (Å²) in [6.07, 6.45) is 8.07. The molecule has 0 unspecified atom stereocenters. The number of carbonyl (C=O) groups is 1. The molecule has 0 spiro atoms. The predicted molar refractivity (Wildman–Crippen MR) is 149 cm³/mol. The molecule has 5 rings (SSSR count). The molecule has 1 amide bonds. The first kappa shape index (κ1) is 27.0. The first-order chi connectivity index (χ1) is 17.6. The Kier molecular flexibility index (Phi) is 9.75. The molecule has 196 valence electrons. The van der Waals surface area contributed by atoms with Gasteiger partial charge >= 0.3 is 6.09 Å². The van der Waals surface area contributed by atoms with E-state index in [2.05, 4.69) is 15.3 Å². The van der Waals surface area contributed by atoms with Gasteiger partial charge < -0.3 is 14.5 Å². The lowest BCUT2D eigenvalue weighted by Gasteiger charge is -2.36. The van der Waals surface area contributed by atoms with Crippen molar-refractivity contribution in [3.05, 3.63) is 34.5 Å². The van der Waals surface area contributed by atoms with E-state index in [-0.39, 0.29) is 5.75 Å². The fourth-order valence-electron chi connectivity index (χ4n) is 4.90. The first-order valence-electron chi connectivity index (χ1n) is 13.1. The summed E-state index contributed by atoms with van der Waals surface area (Å²) in [5.74, 6) is -0.249. The van der Waals surface area contributed by atoms with Crippen molar-refractivity contribution in [3.63, 3.8) is 0 Å². The normalized spacial score (nSPS) is 22.5. The molecular weight excluding hydrogens is 497 g/mol. The van der Waals surface area contributed by atoms with Crippen molar-refractivity contribution in [2.75, 3.05) is 39.3 Å². The Hall–Kier alpha value is -2.01. The zero-order valence-electron chi connectivity index (χ0n) is 21.2. The molecule has 10 heteroatoms. The number of carbonyl (C=O) groups excluding carboxylic acids is 1. The Morgan fingerprint density at radius 2 is 1.86 bits per heavy atom. The predicted octanol–water partition coefficient (Wildman–Crippen LogP) is 5.28. The average molecular weight is 534 g/mol. The van der Waals surface area contributed by atoms with Gasteiger partial charge in [0.25, 0.3) is 0 Å². The maximum absolute atomic E-state index is 14.1. The van der Waals surface area contributed by atoms with Gasteiger partial charge in [0, 0.05) is 43.9 Å². The van der Waals surface area contributed by atoms with Crippen LogP contribution in [0.3, 0.4) is 0 Å². The number of thioether (sulfide) groups is 1. The maximum Gasteiger partial charge on any atom is 0.415 e. The Labute approximate surface area is 223 Å². The molecule has 0 aliphatic carbocycles. The molecule has 1 aromatic carbocycles. The lowest BCUT2D eigenvalue weighted by Crippen LogP contribution is -2.46. The zero-order valence-corrected chi connectivity index (χ0v) is 22.8. The molecule has 7 nitrogen and oxygen atoms in total. The lowest BCUT2D eigenvalue weighted by molar-refractivity contribution is 0.109. The lowest BCUT2D eigenvalue weighted by atomic mass is 10.0. The fraction of sp³-hybridized carbons (Fsp3) is 0.577. The molecule has 0 saturated carbocycles. The number of likely N-dealkylation sites (tertiary alicyclic amines) is 2. The Morgan fingerprint density at radius 3 is 2.56 bits per heavy atom. The highest BCUT2D eigenvalue weighted by atomic mass is 32.2. The summed E-state index contributed by atoms with van der Waals surface area (Å²) in [6.45, 7) is 9.44. The molecule has 0 bridgehead atoms. The van der Waals surface area contributed by atoms with E-state index in [1.807, 2.05) is 24.9 Å². The van der Waals surface area contributed by atoms with Crippen LogP contribution >= 0.6 is 24.0 Å². The summed E-state index contributed by atoms with van der Waals surface area (Å²) in [5.41, 5.74) is 3.94. The van der Waals surface area contributed by atoms with Gasteiger partial charge in [-0.2, -0.15) is 0 Å². The summed E-state index contributed by atoms with van der Waals surface area (Å²) in [6, 6.07) is 4.79. The fourth-order valence-corrected chi connectivity index (χ4v) is 6.15. The molecule has 0 radical (unpaired) electrons. The number of aliphatic imine (C=N–C) groups is 1. The van der Waals surface area contributed by atoms with E-state index < -0.39 is 11.9 Å². The number of piperidine rings is 1. The van der Waals surface area contributed by atoms with Gasteiger partial charge in [-0.1, -0.05) is 26.1 Å². The Bertz CT molecular complexity index is 998. The van der Waals surface area contributed by atoms with E-state index in [0.717, 1.165) is 61.9 Å². The van der Waals surface area contributed by atoms with Gasteiger partial charge in [0.1, 0.15) is 16.6 Å². The highest BCUT2D eigenvalue weighted by Crippen LogP contribution is 2.34. The number of hydrogen-bond acceptors (Lipinski definition) is 7. The SMILES string of the molecule is CC.O=C(Oc1cc(F)ccc1/C=C1\SC(N2CCCCN2)=NC1=S)N1CCC(N2CCCC2)CC1. The second kappa shape index (κ2) is 13.0. The quantitative estimate of drug-likeness (QED) is 0.419. The van der Waals surface area contributed by atoms with E-state index in [1.165, 1.54) is 36.7 Å². The minimum atomic E-state index is -0.450. The number of rotatable bonds is 3. The van der Waals surface area contributed by atoms with Gasteiger partial charge in [-0.05, 0) is 81.6 Å². The molecular formula is C26H36FN5O2S2. The minimum Gasteiger partial charge on any atom is -0.409 e. The molecule has 36 heavy (non-hydrogen) atoms. The minimum absolute atomic E-state index is 0.201. The van der Waals surface area contributed by atoms with Gasteiger partial charge in [0.15, 0.2) is 5.17 Å². The van der Waals surface area contributed by atoms with Crippen molar-refractivity contribution >= 4 is 46.3 Å². The van der Waals surface area contributed by atoms with Crippen LogP contribution < -0.4 is 10.2 Å². The first-order valence-corrected chi connectivity index (χ1v) is 14.3. The van der Waals surface area contributed by atoms with Crippen molar-refractivity contribution in [1.29, 1.82) is 0 Å². The van der Waals surface area contributed by atoms with Gasteiger partial charge in [-0.25, -0.2) is 19.6 Å². The summed E-state index contributed by atoms with van der Waals surface area (Å²) >= 11 is 6.95.